The third-order valence-electron chi connectivity index (χ3n) is 2.63. The molecule has 102 valence electrons. The molecule has 0 amide bonds. The van der Waals surface area contributed by atoms with E-state index in [4.69, 9.17) is 23.8 Å². The molecule has 20 heavy (non-hydrogen) atoms. The van der Waals surface area contributed by atoms with Crippen molar-refractivity contribution in [1.82, 2.24) is 0 Å². The van der Waals surface area contributed by atoms with Crippen LogP contribution in [0, 0.1) is 0 Å². The Kier molecular flexibility index (Phi) is 4.71. The summed E-state index contributed by atoms with van der Waals surface area (Å²) in [7, 11) is 0. The first-order valence-electron chi connectivity index (χ1n) is 5.99. The molecule has 0 heterocycles. The molecule has 3 nitrogen and oxygen atoms in total. The highest BCUT2D eigenvalue weighted by Crippen LogP contribution is 2.16. The van der Waals surface area contributed by atoms with Gasteiger partial charge in [-0.25, -0.2) is 0 Å². The van der Waals surface area contributed by atoms with E-state index in [0.29, 0.717) is 15.7 Å². The van der Waals surface area contributed by atoms with Crippen LogP contribution in [0.2, 0.25) is 5.02 Å². The monoisotopic (exact) mass is 304 g/mol. The fourth-order valence-corrected chi connectivity index (χ4v) is 2.07. The summed E-state index contributed by atoms with van der Waals surface area (Å²) in [6, 6.07) is 14.4. The van der Waals surface area contributed by atoms with Crippen LogP contribution in [-0.4, -0.2) is 10.9 Å². The molecule has 2 N–H and O–H groups in total. The van der Waals surface area contributed by atoms with E-state index in [1.807, 2.05) is 24.3 Å². The van der Waals surface area contributed by atoms with Crippen molar-refractivity contribution in [2.45, 2.75) is 6.92 Å². The Labute approximate surface area is 128 Å². The van der Waals surface area contributed by atoms with E-state index in [1.54, 1.807) is 24.3 Å². The number of benzene rings is 2. The third kappa shape index (κ3) is 4.05. The van der Waals surface area contributed by atoms with Gasteiger partial charge in [-0.1, -0.05) is 17.7 Å². The highest BCUT2D eigenvalue weighted by atomic mass is 35.5. The standard InChI is InChI=1S/C15H13ClN2OS/c1-10(19)11-5-7-13(8-6-11)17-15(20)18-14-4-2-3-12(16)9-14/h2-9H,1H3,(H2,17,18,20). The minimum absolute atomic E-state index is 0.0381. The molecule has 2 aromatic rings. The normalized spacial score (nSPS) is 9.90. The number of halogens is 1. The molecular weight excluding hydrogens is 292 g/mol. The molecule has 0 radical (unpaired) electrons. The summed E-state index contributed by atoms with van der Waals surface area (Å²) < 4.78 is 0. The van der Waals surface area contributed by atoms with Crippen LogP contribution in [0.1, 0.15) is 17.3 Å². The summed E-state index contributed by atoms with van der Waals surface area (Å²) in [6.07, 6.45) is 0. The maximum absolute atomic E-state index is 11.2. The molecule has 0 bridgehead atoms. The first kappa shape index (κ1) is 14.5. The second-order valence-electron chi connectivity index (χ2n) is 4.22. The van der Waals surface area contributed by atoms with Crippen molar-refractivity contribution in [3.63, 3.8) is 0 Å². The molecule has 0 fully saturated rings. The number of carbonyl (C=O) groups is 1. The van der Waals surface area contributed by atoms with Crippen LogP contribution in [0.15, 0.2) is 48.5 Å². The Bertz CT molecular complexity index is 641. The van der Waals surface area contributed by atoms with E-state index in [0.717, 1.165) is 11.4 Å². The van der Waals surface area contributed by atoms with Gasteiger partial charge in [0.05, 0.1) is 0 Å². The van der Waals surface area contributed by atoms with Crippen molar-refractivity contribution >= 4 is 46.1 Å². The van der Waals surface area contributed by atoms with Crippen molar-refractivity contribution < 1.29 is 4.79 Å². The van der Waals surface area contributed by atoms with Crippen LogP contribution in [-0.2, 0) is 0 Å². The number of anilines is 2. The lowest BCUT2D eigenvalue weighted by atomic mass is 10.1. The summed E-state index contributed by atoms with van der Waals surface area (Å²) in [6.45, 7) is 1.54. The number of rotatable bonds is 3. The van der Waals surface area contributed by atoms with Gasteiger partial charge in [0.2, 0.25) is 0 Å². The third-order valence-corrected chi connectivity index (χ3v) is 3.07. The van der Waals surface area contributed by atoms with Gasteiger partial charge in [0.25, 0.3) is 0 Å². The Morgan fingerprint density at radius 2 is 1.70 bits per heavy atom. The lowest BCUT2D eigenvalue weighted by molar-refractivity contribution is 0.101. The Balaban J connectivity index is 1.99. The maximum atomic E-state index is 11.2. The van der Waals surface area contributed by atoms with Crippen LogP contribution in [0.3, 0.4) is 0 Å². The van der Waals surface area contributed by atoms with Gasteiger partial charge < -0.3 is 10.6 Å². The zero-order chi connectivity index (χ0) is 14.5. The van der Waals surface area contributed by atoms with E-state index < -0.39 is 0 Å². The fraction of sp³-hybridized carbons (Fsp3) is 0.0667. The average Bonchev–Trinajstić information content (AvgIpc) is 2.39. The minimum atomic E-state index is 0.0381. The Hall–Kier alpha value is -1.91. The fourth-order valence-electron chi connectivity index (χ4n) is 1.65. The van der Waals surface area contributed by atoms with E-state index in [9.17, 15) is 4.79 Å². The highest BCUT2D eigenvalue weighted by Gasteiger charge is 2.01. The molecule has 2 aromatic carbocycles. The van der Waals surface area contributed by atoms with Gasteiger partial charge in [-0.15, -0.1) is 0 Å². The predicted octanol–water partition coefficient (Wildman–Crippen LogP) is 4.35. The molecule has 0 saturated heterocycles. The van der Waals surface area contributed by atoms with Crippen molar-refractivity contribution in [2.24, 2.45) is 0 Å². The molecule has 0 saturated carbocycles. The molecule has 0 atom stereocenters. The summed E-state index contributed by atoms with van der Waals surface area (Å²) in [4.78, 5) is 11.2. The van der Waals surface area contributed by atoms with Crippen molar-refractivity contribution in [3.05, 3.63) is 59.1 Å². The molecule has 0 spiro atoms. The zero-order valence-electron chi connectivity index (χ0n) is 10.8. The van der Waals surface area contributed by atoms with Gasteiger partial charge in [0, 0.05) is 22.0 Å². The van der Waals surface area contributed by atoms with Gasteiger partial charge in [-0.3, -0.25) is 4.79 Å². The molecule has 0 aliphatic heterocycles. The Morgan fingerprint density at radius 1 is 1.05 bits per heavy atom. The average molecular weight is 305 g/mol. The van der Waals surface area contributed by atoms with Crippen LogP contribution < -0.4 is 10.6 Å². The predicted molar refractivity (Wildman–Crippen MR) is 87.7 cm³/mol. The quantitative estimate of drug-likeness (QED) is 0.653. The van der Waals surface area contributed by atoms with E-state index in [-0.39, 0.29) is 5.78 Å². The second-order valence-corrected chi connectivity index (χ2v) is 5.07. The topological polar surface area (TPSA) is 41.1 Å². The summed E-state index contributed by atoms with van der Waals surface area (Å²) in [5.74, 6) is 0.0381. The number of hydrogen-bond acceptors (Lipinski definition) is 2. The van der Waals surface area contributed by atoms with Crippen LogP contribution >= 0.6 is 23.8 Å². The van der Waals surface area contributed by atoms with Crippen LogP contribution in [0.5, 0.6) is 0 Å². The largest absolute Gasteiger partial charge is 0.332 e. The van der Waals surface area contributed by atoms with Crippen molar-refractivity contribution in [2.75, 3.05) is 10.6 Å². The Morgan fingerprint density at radius 3 is 2.30 bits per heavy atom. The smallest absolute Gasteiger partial charge is 0.175 e. The highest BCUT2D eigenvalue weighted by molar-refractivity contribution is 7.80. The molecule has 0 aromatic heterocycles. The summed E-state index contributed by atoms with van der Waals surface area (Å²) in [5.41, 5.74) is 2.30. The SMILES string of the molecule is CC(=O)c1ccc(NC(=S)Nc2cccc(Cl)c2)cc1. The van der Waals surface area contributed by atoms with Gasteiger partial charge in [0.15, 0.2) is 10.9 Å². The number of hydrogen-bond donors (Lipinski definition) is 2. The van der Waals surface area contributed by atoms with E-state index in [2.05, 4.69) is 10.6 Å². The second kappa shape index (κ2) is 6.50. The number of thiocarbonyl (C=S) groups is 1. The molecule has 5 heteroatoms. The molecule has 0 aliphatic rings. The van der Waals surface area contributed by atoms with Crippen molar-refractivity contribution in [1.29, 1.82) is 0 Å². The molecule has 0 aliphatic carbocycles. The van der Waals surface area contributed by atoms with Gasteiger partial charge in [-0.05, 0) is 61.6 Å². The molecular formula is C15H13ClN2OS. The van der Waals surface area contributed by atoms with Crippen molar-refractivity contribution in [3.8, 4) is 0 Å². The number of nitrogens with one attached hydrogen (secondary N) is 2. The number of carbonyl (C=O) groups excluding carboxylic acids is 1. The van der Waals surface area contributed by atoms with Crippen LogP contribution in [0.25, 0.3) is 0 Å². The van der Waals surface area contributed by atoms with E-state index in [1.165, 1.54) is 6.92 Å². The number of ketones is 1. The summed E-state index contributed by atoms with van der Waals surface area (Å²) >= 11 is 11.1. The van der Waals surface area contributed by atoms with E-state index >= 15 is 0 Å². The zero-order valence-corrected chi connectivity index (χ0v) is 12.4. The lowest BCUT2D eigenvalue weighted by Gasteiger charge is -2.11. The molecule has 0 unspecified atom stereocenters. The lowest BCUT2D eigenvalue weighted by Crippen LogP contribution is -2.19. The van der Waals surface area contributed by atoms with Gasteiger partial charge in [-0.2, -0.15) is 0 Å². The minimum Gasteiger partial charge on any atom is -0.332 e. The first-order chi connectivity index (χ1) is 9.54. The molecule has 2 rings (SSSR count). The van der Waals surface area contributed by atoms with Gasteiger partial charge in [0.1, 0.15) is 0 Å². The first-order valence-corrected chi connectivity index (χ1v) is 6.78. The van der Waals surface area contributed by atoms with Crippen LogP contribution in [0.4, 0.5) is 11.4 Å². The van der Waals surface area contributed by atoms with Gasteiger partial charge >= 0.3 is 0 Å². The maximum Gasteiger partial charge on any atom is 0.175 e. The summed E-state index contributed by atoms with van der Waals surface area (Å²) in [5, 5.41) is 7.18. The number of Topliss-reactive ketones (excluding diaryl/α,β-unsaturated/α-hetero) is 1.